The van der Waals surface area contributed by atoms with Crippen LogP contribution in [0, 0.1) is 12.8 Å². The topological polar surface area (TPSA) is 76.6 Å². The fourth-order valence-electron chi connectivity index (χ4n) is 3.49. The first-order valence-electron chi connectivity index (χ1n) is 9.60. The fraction of sp³-hybridized carbons (Fsp3) is 0.476. The molecule has 7 nitrogen and oxygen atoms in total. The van der Waals surface area contributed by atoms with Gasteiger partial charge in [0.15, 0.2) is 11.5 Å². The highest BCUT2D eigenvalue weighted by Gasteiger charge is 2.20. The van der Waals surface area contributed by atoms with Crippen molar-refractivity contribution in [2.24, 2.45) is 5.92 Å². The van der Waals surface area contributed by atoms with Gasteiger partial charge in [0.25, 0.3) is 5.91 Å². The first-order chi connectivity index (χ1) is 13.5. The molecule has 2 aromatic rings. The highest BCUT2D eigenvalue weighted by Crippen LogP contribution is 2.27. The molecule has 0 aliphatic carbocycles. The van der Waals surface area contributed by atoms with Gasteiger partial charge in [-0.15, -0.1) is 0 Å². The maximum absolute atomic E-state index is 12.7. The molecule has 0 saturated carbocycles. The lowest BCUT2D eigenvalue weighted by Gasteiger charge is -2.32. The van der Waals surface area contributed by atoms with Crippen LogP contribution in [-0.2, 0) is 6.54 Å². The van der Waals surface area contributed by atoms with Crippen LogP contribution < -0.4 is 19.7 Å². The number of benzene rings is 1. The molecule has 1 aromatic carbocycles. The van der Waals surface area contributed by atoms with Crippen LogP contribution in [0.3, 0.4) is 0 Å². The molecule has 1 aliphatic rings. The molecule has 2 heterocycles. The lowest BCUT2D eigenvalue weighted by atomic mass is 10.0. The molecule has 1 atom stereocenters. The number of carbonyl (C=O) groups is 1. The van der Waals surface area contributed by atoms with Crippen molar-refractivity contribution >= 4 is 11.7 Å². The zero-order chi connectivity index (χ0) is 20.1. The van der Waals surface area contributed by atoms with Crippen LogP contribution in [0.2, 0.25) is 0 Å². The molecule has 1 N–H and O–H groups in total. The van der Waals surface area contributed by atoms with Gasteiger partial charge in [0, 0.05) is 25.7 Å². The molecule has 1 saturated heterocycles. The summed E-state index contributed by atoms with van der Waals surface area (Å²) in [6.45, 7) is 6.37. The number of methoxy groups -OCH3 is 2. The molecule has 0 bridgehead atoms. The van der Waals surface area contributed by atoms with Crippen molar-refractivity contribution < 1.29 is 14.3 Å². The van der Waals surface area contributed by atoms with Crippen LogP contribution in [-0.4, -0.2) is 43.2 Å². The Balaban J connectivity index is 1.70. The summed E-state index contributed by atoms with van der Waals surface area (Å²) in [6, 6.07) is 7.36. The van der Waals surface area contributed by atoms with E-state index < -0.39 is 0 Å². The van der Waals surface area contributed by atoms with Crippen molar-refractivity contribution in [3.63, 3.8) is 0 Å². The molecular formula is C21H28N4O3. The smallest absolute Gasteiger partial charge is 0.270 e. The van der Waals surface area contributed by atoms with Crippen LogP contribution in [0.5, 0.6) is 11.5 Å². The monoisotopic (exact) mass is 384 g/mol. The summed E-state index contributed by atoms with van der Waals surface area (Å²) in [6.07, 6.45) is 2.38. The van der Waals surface area contributed by atoms with Crippen molar-refractivity contribution in [2.75, 3.05) is 32.2 Å². The predicted octanol–water partition coefficient (Wildman–Crippen LogP) is 2.97. The van der Waals surface area contributed by atoms with E-state index in [1.165, 1.54) is 6.42 Å². The minimum Gasteiger partial charge on any atom is -0.493 e. The fourth-order valence-corrected chi connectivity index (χ4v) is 3.49. The number of hydrogen-bond donors (Lipinski definition) is 1. The number of aryl methyl sites for hydroxylation is 1. The second-order valence-electron chi connectivity index (χ2n) is 7.22. The number of nitrogens with one attached hydrogen (secondary N) is 1. The third-order valence-electron chi connectivity index (χ3n) is 4.94. The minimum absolute atomic E-state index is 0.216. The molecule has 1 aromatic heterocycles. The number of ether oxygens (including phenoxy) is 2. The van der Waals surface area contributed by atoms with E-state index in [1.807, 2.05) is 25.1 Å². The van der Waals surface area contributed by atoms with Gasteiger partial charge in [-0.3, -0.25) is 4.79 Å². The van der Waals surface area contributed by atoms with E-state index in [2.05, 4.69) is 27.1 Å². The van der Waals surface area contributed by atoms with Crippen LogP contribution >= 0.6 is 0 Å². The SMILES string of the molecule is COc1ccc(CNC(=O)c2cc(N3CCCC(C)C3)nc(C)n2)cc1OC. The molecule has 3 rings (SSSR count). The van der Waals surface area contributed by atoms with E-state index in [4.69, 9.17) is 9.47 Å². The van der Waals surface area contributed by atoms with E-state index in [0.717, 1.165) is 30.9 Å². The number of nitrogens with zero attached hydrogens (tertiary/aromatic N) is 3. The molecule has 28 heavy (non-hydrogen) atoms. The average molecular weight is 384 g/mol. The first-order valence-corrected chi connectivity index (χ1v) is 9.60. The number of piperidine rings is 1. The molecule has 0 radical (unpaired) electrons. The molecule has 150 valence electrons. The van der Waals surface area contributed by atoms with Gasteiger partial charge >= 0.3 is 0 Å². The lowest BCUT2D eigenvalue weighted by Crippen LogP contribution is -2.35. The van der Waals surface area contributed by atoms with E-state index in [1.54, 1.807) is 20.3 Å². The molecular weight excluding hydrogens is 356 g/mol. The standard InChI is InChI=1S/C21H28N4O3/c1-14-6-5-9-25(13-14)20-11-17(23-15(2)24-20)21(26)22-12-16-7-8-18(27-3)19(10-16)28-4/h7-8,10-11,14H,5-6,9,12-13H2,1-4H3,(H,22,26). The number of hydrogen-bond acceptors (Lipinski definition) is 6. The Morgan fingerprint density at radius 3 is 2.71 bits per heavy atom. The third-order valence-corrected chi connectivity index (χ3v) is 4.94. The van der Waals surface area contributed by atoms with E-state index in [0.29, 0.717) is 35.5 Å². The number of rotatable bonds is 6. The zero-order valence-electron chi connectivity index (χ0n) is 17.0. The first kappa shape index (κ1) is 19.9. The second-order valence-corrected chi connectivity index (χ2v) is 7.22. The summed E-state index contributed by atoms with van der Waals surface area (Å²) in [4.78, 5) is 23.8. The summed E-state index contributed by atoms with van der Waals surface area (Å²) in [5.74, 6) is 3.14. The highest BCUT2D eigenvalue weighted by atomic mass is 16.5. The maximum Gasteiger partial charge on any atom is 0.270 e. The van der Waals surface area contributed by atoms with Gasteiger partial charge in [-0.1, -0.05) is 13.0 Å². The van der Waals surface area contributed by atoms with Crippen molar-refractivity contribution in [2.45, 2.75) is 33.2 Å². The number of aromatic nitrogens is 2. The van der Waals surface area contributed by atoms with Crippen LogP contribution in [0.4, 0.5) is 5.82 Å². The Kier molecular flexibility index (Phi) is 6.34. The van der Waals surface area contributed by atoms with Gasteiger partial charge in [-0.25, -0.2) is 9.97 Å². The summed E-state index contributed by atoms with van der Waals surface area (Å²) in [5, 5.41) is 2.93. The van der Waals surface area contributed by atoms with Gasteiger partial charge in [0.05, 0.1) is 14.2 Å². The van der Waals surface area contributed by atoms with E-state index >= 15 is 0 Å². The molecule has 1 fully saturated rings. The van der Waals surface area contributed by atoms with E-state index in [9.17, 15) is 4.79 Å². The van der Waals surface area contributed by atoms with Gasteiger partial charge < -0.3 is 19.7 Å². The quantitative estimate of drug-likeness (QED) is 0.825. The molecule has 1 amide bonds. The molecule has 1 unspecified atom stereocenters. The van der Waals surface area contributed by atoms with Crippen molar-refractivity contribution in [3.05, 3.63) is 41.3 Å². The van der Waals surface area contributed by atoms with Crippen molar-refractivity contribution in [1.29, 1.82) is 0 Å². The predicted molar refractivity (Wildman–Crippen MR) is 108 cm³/mol. The maximum atomic E-state index is 12.7. The summed E-state index contributed by atoms with van der Waals surface area (Å²) < 4.78 is 10.6. The third kappa shape index (κ3) is 4.71. The van der Waals surface area contributed by atoms with Crippen molar-refractivity contribution in [1.82, 2.24) is 15.3 Å². The Morgan fingerprint density at radius 2 is 2.00 bits per heavy atom. The normalized spacial score (nSPS) is 16.6. The Hall–Kier alpha value is -2.83. The number of amides is 1. The van der Waals surface area contributed by atoms with Gasteiger partial charge in [-0.2, -0.15) is 0 Å². The Morgan fingerprint density at radius 1 is 1.21 bits per heavy atom. The number of carbonyl (C=O) groups excluding carboxylic acids is 1. The van der Waals surface area contributed by atoms with Crippen LogP contribution in [0.15, 0.2) is 24.3 Å². The van der Waals surface area contributed by atoms with E-state index in [-0.39, 0.29) is 5.91 Å². The second kappa shape index (κ2) is 8.91. The van der Waals surface area contributed by atoms with Crippen LogP contribution in [0.25, 0.3) is 0 Å². The minimum atomic E-state index is -0.216. The zero-order valence-corrected chi connectivity index (χ0v) is 17.0. The summed E-state index contributed by atoms with van der Waals surface area (Å²) >= 11 is 0. The largest absolute Gasteiger partial charge is 0.493 e. The summed E-state index contributed by atoms with van der Waals surface area (Å²) in [5.41, 5.74) is 1.31. The number of anilines is 1. The molecule has 0 spiro atoms. The van der Waals surface area contributed by atoms with Gasteiger partial charge in [0.1, 0.15) is 17.3 Å². The summed E-state index contributed by atoms with van der Waals surface area (Å²) in [7, 11) is 3.18. The van der Waals surface area contributed by atoms with Crippen LogP contribution in [0.1, 0.15) is 41.6 Å². The molecule has 1 aliphatic heterocycles. The molecule has 7 heteroatoms. The Labute approximate surface area is 166 Å². The average Bonchev–Trinajstić information content (AvgIpc) is 2.71. The van der Waals surface area contributed by atoms with Gasteiger partial charge in [-0.05, 0) is 43.4 Å². The van der Waals surface area contributed by atoms with Crippen molar-refractivity contribution in [3.8, 4) is 11.5 Å². The van der Waals surface area contributed by atoms with Gasteiger partial charge in [0.2, 0.25) is 0 Å². The lowest BCUT2D eigenvalue weighted by molar-refractivity contribution is 0.0945. The Bertz CT molecular complexity index is 840. The highest BCUT2D eigenvalue weighted by molar-refractivity contribution is 5.92.